The van der Waals surface area contributed by atoms with Crippen LogP contribution in [0.4, 0.5) is 0 Å². The summed E-state index contributed by atoms with van der Waals surface area (Å²) in [5, 5.41) is 3.60. The molecule has 1 aliphatic heterocycles. The van der Waals surface area contributed by atoms with Crippen LogP contribution in [0.1, 0.15) is 29.2 Å². The van der Waals surface area contributed by atoms with E-state index < -0.39 is 0 Å². The number of terminal acetylenes is 1. The normalized spacial score (nSPS) is 16.9. The highest BCUT2D eigenvalue weighted by molar-refractivity contribution is 5.38. The Balaban J connectivity index is 1.68. The van der Waals surface area contributed by atoms with Crippen LogP contribution in [0.2, 0.25) is 0 Å². The Kier molecular flexibility index (Phi) is 3.71. The molecule has 3 rings (SSSR count). The molecule has 1 heterocycles. The first-order chi connectivity index (χ1) is 9.86. The summed E-state index contributed by atoms with van der Waals surface area (Å²) in [4.78, 5) is 0. The summed E-state index contributed by atoms with van der Waals surface area (Å²) < 4.78 is 5.67. The highest BCUT2D eigenvalue weighted by atomic mass is 16.5. The lowest BCUT2D eigenvalue weighted by Gasteiger charge is -2.26. The zero-order valence-corrected chi connectivity index (χ0v) is 11.3. The van der Waals surface area contributed by atoms with Crippen LogP contribution >= 0.6 is 0 Å². The van der Waals surface area contributed by atoms with Crippen LogP contribution in [0.5, 0.6) is 5.75 Å². The number of para-hydroxylation sites is 1. The van der Waals surface area contributed by atoms with E-state index in [2.05, 4.69) is 35.5 Å². The third kappa shape index (κ3) is 2.68. The first kappa shape index (κ1) is 12.8. The van der Waals surface area contributed by atoms with Crippen molar-refractivity contribution in [2.45, 2.75) is 19.0 Å². The molecular weight excluding hydrogens is 246 g/mol. The molecule has 0 amide bonds. The van der Waals surface area contributed by atoms with Gasteiger partial charge in [0, 0.05) is 30.1 Å². The molecule has 0 saturated heterocycles. The molecule has 0 bridgehead atoms. The van der Waals surface area contributed by atoms with Gasteiger partial charge in [0.15, 0.2) is 0 Å². The second kappa shape index (κ2) is 5.81. The monoisotopic (exact) mass is 263 g/mol. The van der Waals surface area contributed by atoms with Crippen LogP contribution < -0.4 is 10.1 Å². The van der Waals surface area contributed by atoms with Gasteiger partial charge in [0.2, 0.25) is 0 Å². The Labute approximate surface area is 119 Å². The average molecular weight is 263 g/mol. The lowest BCUT2D eigenvalue weighted by atomic mass is 10.0. The minimum Gasteiger partial charge on any atom is -0.493 e. The SMILES string of the molecule is C#Cc1ccc(CN[C@H]2CCOc3ccccc32)cc1. The van der Waals surface area contributed by atoms with Crippen molar-refractivity contribution in [3.05, 3.63) is 65.2 Å². The predicted molar refractivity (Wildman–Crippen MR) is 80.5 cm³/mol. The molecule has 0 radical (unpaired) electrons. The van der Waals surface area contributed by atoms with Crippen LogP contribution in [0.3, 0.4) is 0 Å². The second-order valence-corrected chi connectivity index (χ2v) is 4.95. The van der Waals surface area contributed by atoms with Crippen LogP contribution in [0, 0.1) is 12.3 Å². The van der Waals surface area contributed by atoms with Gasteiger partial charge >= 0.3 is 0 Å². The fourth-order valence-electron chi connectivity index (χ4n) is 2.51. The smallest absolute Gasteiger partial charge is 0.124 e. The summed E-state index contributed by atoms with van der Waals surface area (Å²) in [7, 11) is 0. The maximum atomic E-state index is 5.67. The van der Waals surface area contributed by atoms with E-state index in [0.29, 0.717) is 6.04 Å². The summed E-state index contributed by atoms with van der Waals surface area (Å²) in [5.41, 5.74) is 3.41. The Morgan fingerprint density at radius 1 is 1.15 bits per heavy atom. The Hall–Kier alpha value is -2.24. The van der Waals surface area contributed by atoms with Gasteiger partial charge in [-0.3, -0.25) is 0 Å². The van der Waals surface area contributed by atoms with Gasteiger partial charge in [-0.15, -0.1) is 6.42 Å². The molecule has 1 N–H and O–H groups in total. The standard InChI is InChI=1S/C18H17NO/c1-2-14-7-9-15(10-8-14)13-19-17-11-12-20-18-6-4-3-5-16(17)18/h1,3-10,17,19H,11-13H2/t17-/m0/s1. The minimum atomic E-state index is 0.354. The molecule has 2 aromatic carbocycles. The van der Waals surface area contributed by atoms with E-state index in [1.165, 1.54) is 11.1 Å². The summed E-state index contributed by atoms with van der Waals surface area (Å²) in [6.45, 7) is 1.61. The van der Waals surface area contributed by atoms with Gasteiger partial charge in [0.1, 0.15) is 5.75 Å². The summed E-state index contributed by atoms with van der Waals surface area (Å²) >= 11 is 0. The van der Waals surface area contributed by atoms with Crippen LogP contribution in [0.15, 0.2) is 48.5 Å². The van der Waals surface area contributed by atoms with Crippen molar-refractivity contribution in [2.24, 2.45) is 0 Å². The Morgan fingerprint density at radius 2 is 1.95 bits per heavy atom. The van der Waals surface area contributed by atoms with Gasteiger partial charge < -0.3 is 10.1 Å². The van der Waals surface area contributed by atoms with E-state index in [1.807, 2.05) is 24.3 Å². The molecule has 100 valence electrons. The molecule has 0 fully saturated rings. The number of benzene rings is 2. The van der Waals surface area contributed by atoms with Crippen molar-refractivity contribution in [2.75, 3.05) is 6.61 Å². The molecule has 2 aromatic rings. The maximum Gasteiger partial charge on any atom is 0.124 e. The van der Waals surface area contributed by atoms with Gasteiger partial charge in [-0.1, -0.05) is 36.3 Å². The Bertz CT molecular complexity index is 625. The zero-order valence-electron chi connectivity index (χ0n) is 11.3. The molecule has 2 heteroatoms. The largest absolute Gasteiger partial charge is 0.493 e. The number of nitrogens with one attached hydrogen (secondary N) is 1. The first-order valence-electron chi connectivity index (χ1n) is 6.87. The zero-order chi connectivity index (χ0) is 13.8. The highest BCUT2D eigenvalue weighted by Crippen LogP contribution is 2.31. The van der Waals surface area contributed by atoms with E-state index in [4.69, 9.17) is 11.2 Å². The van der Waals surface area contributed by atoms with Crippen molar-refractivity contribution in [3.8, 4) is 18.1 Å². The lowest BCUT2D eigenvalue weighted by molar-refractivity contribution is 0.252. The fraction of sp³-hybridized carbons (Fsp3) is 0.222. The number of rotatable bonds is 3. The molecule has 0 aromatic heterocycles. The molecule has 1 aliphatic rings. The quantitative estimate of drug-likeness (QED) is 0.858. The second-order valence-electron chi connectivity index (χ2n) is 4.95. The average Bonchev–Trinajstić information content (AvgIpc) is 2.53. The molecule has 0 spiro atoms. The number of ether oxygens (including phenoxy) is 1. The number of fused-ring (bicyclic) bond motifs is 1. The Morgan fingerprint density at radius 3 is 2.75 bits per heavy atom. The molecule has 1 atom stereocenters. The lowest BCUT2D eigenvalue weighted by Crippen LogP contribution is -2.26. The van der Waals surface area contributed by atoms with Crippen LogP contribution in [0.25, 0.3) is 0 Å². The number of hydrogen-bond acceptors (Lipinski definition) is 2. The fourth-order valence-corrected chi connectivity index (χ4v) is 2.51. The molecular formula is C18H17NO. The van der Waals surface area contributed by atoms with Crippen molar-refractivity contribution in [3.63, 3.8) is 0 Å². The van der Waals surface area contributed by atoms with E-state index in [9.17, 15) is 0 Å². The van der Waals surface area contributed by atoms with Gasteiger partial charge in [-0.25, -0.2) is 0 Å². The molecule has 0 aliphatic carbocycles. The minimum absolute atomic E-state index is 0.354. The van der Waals surface area contributed by atoms with Crippen molar-refractivity contribution in [1.82, 2.24) is 5.32 Å². The molecule has 0 unspecified atom stereocenters. The third-order valence-corrected chi connectivity index (χ3v) is 3.63. The van der Waals surface area contributed by atoms with Crippen molar-refractivity contribution < 1.29 is 4.74 Å². The van der Waals surface area contributed by atoms with E-state index in [1.54, 1.807) is 0 Å². The van der Waals surface area contributed by atoms with Gasteiger partial charge in [0.05, 0.1) is 6.61 Å². The molecule has 0 saturated carbocycles. The maximum absolute atomic E-state index is 5.67. The topological polar surface area (TPSA) is 21.3 Å². The third-order valence-electron chi connectivity index (χ3n) is 3.63. The van der Waals surface area contributed by atoms with Crippen LogP contribution in [-0.4, -0.2) is 6.61 Å². The first-order valence-corrected chi connectivity index (χ1v) is 6.87. The van der Waals surface area contributed by atoms with Gasteiger partial charge in [0.25, 0.3) is 0 Å². The van der Waals surface area contributed by atoms with Crippen LogP contribution in [-0.2, 0) is 6.54 Å². The van der Waals surface area contributed by atoms with Crippen molar-refractivity contribution >= 4 is 0 Å². The van der Waals surface area contributed by atoms with E-state index in [0.717, 1.165) is 30.9 Å². The highest BCUT2D eigenvalue weighted by Gasteiger charge is 2.20. The molecule has 20 heavy (non-hydrogen) atoms. The van der Waals surface area contributed by atoms with Crippen molar-refractivity contribution in [1.29, 1.82) is 0 Å². The number of hydrogen-bond donors (Lipinski definition) is 1. The summed E-state index contributed by atoms with van der Waals surface area (Å²) in [6, 6.07) is 16.7. The van der Waals surface area contributed by atoms with E-state index >= 15 is 0 Å². The van der Waals surface area contributed by atoms with Gasteiger partial charge in [-0.05, 0) is 23.8 Å². The summed E-state index contributed by atoms with van der Waals surface area (Å²) in [5.74, 6) is 3.63. The summed E-state index contributed by atoms with van der Waals surface area (Å²) in [6.07, 6.45) is 6.36. The van der Waals surface area contributed by atoms with Gasteiger partial charge in [-0.2, -0.15) is 0 Å². The molecule has 2 nitrogen and oxygen atoms in total. The van der Waals surface area contributed by atoms with E-state index in [-0.39, 0.29) is 0 Å². The predicted octanol–water partition coefficient (Wildman–Crippen LogP) is 3.28.